The van der Waals surface area contributed by atoms with Gasteiger partial charge in [-0.1, -0.05) is 19.9 Å². The molecule has 4 heterocycles. The van der Waals surface area contributed by atoms with Crippen LogP contribution in [0.25, 0.3) is 16.7 Å². The summed E-state index contributed by atoms with van der Waals surface area (Å²) < 4.78 is 2.23. The summed E-state index contributed by atoms with van der Waals surface area (Å²) in [6, 6.07) is 0. The maximum Gasteiger partial charge on any atom is 0.244 e. The Bertz CT molecular complexity index is 1140. The number of primary amides is 1. The molecule has 0 spiro atoms. The average molecular weight is 410 g/mol. The molecule has 29 heavy (non-hydrogen) atoms. The van der Waals surface area contributed by atoms with Gasteiger partial charge in [-0.2, -0.15) is 0 Å². The zero-order valence-electron chi connectivity index (χ0n) is 17.6. The fraction of sp³-hybridized carbons (Fsp3) is 0.409. The molecule has 0 radical (unpaired) electrons. The van der Waals surface area contributed by atoms with Crippen LogP contribution >= 0.6 is 11.3 Å². The molecule has 3 aromatic heterocycles. The van der Waals surface area contributed by atoms with Crippen molar-refractivity contribution in [2.45, 2.75) is 47.0 Å². The van der Waals surface area contributed by atoms with Gasteiger partial charge in [0.1, 0.15) is 11.6 Å². The Labute approximate surface area is 175 Å². The molecule has 0 aliphatic carbocycles. The van der Waals surface area contributed by atoms with Gasteiger partial charge in [-0.25, -0.2) is 9.97 Å². The molecule has 1 aliphatic rings. The fourth-order valence-electron chi connectivity index (χ4n) is 4.06. The number of aromatic nitrogens is 3. The number of amides is 1. The first-order chi connectivity index (χ1) is 13.8. The Morgan fingerprint density at radius 1 is 1.24 bits per heavy atom. The minimum absolute atomic E-state index is 0.329. The summed E-state index contributed by atoms with van der Waals surface area (Å²) in [6.07, 6.45) is 4.74. The number of anilines is 1. The molecular weight excluding hydrogens is 382 g/mol. The van der Waals surface area contributed by atoms with E-state index in [-0.39, 0.29) is 5.91 Å². The SMILES string of the molecule is Cc1nc(N2CC=C(C(N)=O)CC2)c2c(C)cn(-c3c(C(C)C)csc3C)c2n1. The molecule has 0 unspecified atom stereocenters. The van der Waals surface area contributed by atoms with E-state index in [0.717, 1.165) is 34.8 Å². The predicted octanol–water partition coefficient (Wildman–Crippen LogP) is 4.15. The zero-order valence-corrected chi connectivity index (χ0v) is 18.4. The first-order valence-corrected chi connectivity index (χ1v) is 10.8. The second kappa shape index (κ2) is 7.30. The average Bonchev–Trinajstić information content (AvgIpc) is 3.21. The number of nitrogens with two attached hydrogens (primary N) is 1. The molecule has 0 aromatic carbocycles. The molecule has 0 fully saturated rings. The van der Waals surface area contributed by atoms with Gasteiger partial charge in [-0.05, 0) is 49.6 Å². The van der Waals surface area contributed by atoms with E-state index >= 15 is 0 Å². The van der Waals surface area contributed by atoms with E-state index in [1.165, 1.54) is 16.1 Å². The Kier molecular flexibility index (Phi) is 4.94. The molecule has 0 saturated heterocycles. The lowest BCUT2D eigenvalue weighted by Crippen LogP contribution is -2.32. The van der Waals surface area contributed by atoms with Crippen molar-refractivity contribution in [3.8, 4) is 5.69 Å². The highest BCUT2D eigenvalue weighted by atomic mass is 32.1. The first-order valence-electron chi connectivity index (χ1n) is 9.96. The van der Waals surface area contributed by atoms with Gasteiger partial charge in [0.2, 0.25) is 5.91 Å². The van der Waals surface area contributed by atoms with Gasteiger partial charge in [-0.3, -0.25) is 9.36 Å². The van der Waals surface area contributed by atoms with E-state index in [1.54, 1.807) is 11.3 Å². The van der Waals surface area contributed by atoms with E-state index in [4.69, 9.17) is 15.7 Å². The van der Waals surface area contributed by atoms with E-state index in [1.807, 2.05) is 13.0 Å². The van der Waals surface area contributed by atoms with Crippen molar-refractivity contribution < 1.29 is 4.79 Å². The molecule has 2 N–H and O–H groups in total. The van der Waals surface area contributed by atoms with Gasteiger partial charge in [0.05, 0.1) is 11.1 Å². The Morgan fingerprint density at radius 3 is 2.62 bits per heavy atom. The second-order valence-electron chi connectivity index (χ2n) is 8.02. The number of nitrogens with zero attached hydrogens (tertiary/aromatic N) is 4. The van der Waals surface area contributed by atoms with Crippen molar-refractivity contribution in [1.29, 1.82) is 0 Å². The fourth-order valence-corrected chi connectivity index (χ4v) is 5.07. The van der Waals surface area contributed by atoms with Crippen LogP contribution in [0, 0.1) is 20.8 Å². The van der Waals surface area contributed by atoms with Crippen molar-refractivity contribution in [2.24, 2.45) is 5.73 Å². The summed E-state index contributed by atoms with van der Waals surface area (Å²) in [5, 5.41) is 3.33. The zero-order chi connectivity index (χ0) is 20.9. The molecule has 7 heteroatoms. The molecule has 0 saturated carbocycles. The van der Waals surface area contributed by atoms with Crippen molar-refractivity contribution in [3.05, 3.63) is 45.1 Å². The molecule has 0 bridgehead atoms. The Hall–Kier alpha value is -2.67. The summed E-state index contributed by atoms with van der Waals surface area (Å²) >= 11 is 1.79. The summed E-state index contributed by atoms with van der Waals surface area (Å²) in [4.78, 5) is 24.6. The third kappa shape index (κ3) is 3.33. The van der Waals surface area contributed by atoms with Crippen LogP contribution in [0.1, 0.15) is 48.0 Å². The molecular formula is C22H27N5OS. The summed E-state index contributed by atoms with van der Waals surface area (Å²) in [7, 11) is 0. The van der Waals surface area contributed by atoms with Gasteiger partial charge < -0.3 is 10.6 Å². The van der Waals surface area contributed by atoms with Gasteiger partial charge >= 0.3 is 0 Å². The van der Waals surface area contributed by atoms with Gasteiger partial charge in [0.15, 0.2) is 5.65 Å². The van der Waals surface area contributed by atoms with Crippen molar-refractivity contribution in [3.63, 3.8) is 0 Å². The standard InChI is InChI=1S/C22H27N5OS/c1-12(2)17-11-29-14(4)19(17)27-10-13(3)18-21(24-15(5)25-22(18)27)26-8-6-16(7-9-26)20(23)28/h6,10-12H,7-9H2,1-5H3,(H2,23,28). The van der Waals surface area contributed by atoms with Crippen LogP contribution in [0.15, 0.2) is 23.2 Å². The Balaban J connectivity index is 1.89. The smallest absolute Gasteiger partial charge is 0.244 e. The minimum Gasteiger partial charge on any atom is -0.366 e. The minimum atomic E-state index is -0.329. The molecule has 152 valence electrons. The Morgan fingerprint density at radius 2 is 2.00 bits per heavy atom. The normalized spacial score (nSPS) is 14.7. The van der Waals surface area contributed by atoms with E-state index < -0.39 is 0 Å². The quantitative estimate of drug-likeness (QED) is 0.702. The lowest BCUT2D eigenvalue weighted by atomic mass is 10.0. The third-order valence-corrected chi connectivity index (χ3v) is 6.50. The number of rotatable bonds is 4. The van der Waals surface area contributed by atoms with Gasteiger partial charge in [-0.15, -0.1) is 11.3 Å². The van der Waals surface area contributed by atoms with E-state index in [9.17, 15) is 4.79 Å². The summed E-state index contributed by atoms with van der Waals surface area (Å²) in [6.45, 7) is 12.0. The first kappa shape index (κ1) is 19.6. The molecule has 6 nitrogen and oxygen atoms in total. The van der Waals surface area contributed by atoms with Crippen molar-refractivity contribution in [1.82, 2.24) is 14.5 Å². The predicted molar refractivity (Wildman–Crippen MR) is 119 cm³/mol. The molecule has 0 atom stereocenters. The van der Waals surface area contributed by atoms with Gasteiger partial charge in [0, 0.05) is 29.7 Å². The highest BCUT2D eigenvalue weighted by Gasteiger charge is 2.24. The number of carbonyl (C=O) groups is 1. The van der Waals surface area contributed by atoms with E-state index in [0.29, 0.717) is 24.5 Å². The maximum absolute atomic E-state index is 11.5. The van der Waals surface area contributed by atoms with Crippen molar-refractivity contribution >= 4 is 34.1 Å². The molecule has 4 rings (SSSR count). The molecule has 3 aromatic rings. The van der Waals surface area contributed by atoms with Crippen LogP contribution in [-0.4, -0.2) is 33.5 Å². The van der Waals surface area contributed by atoms with Crippen LogP contribution in [0.5, 0.6) is 0 Å². The lowest BCUT2D eigenvalue weighted by molar-refractivity contribution is -0.114. The largest absolute Gasteiger partial charge is 0.366 e. The second-order valence-corrected chi connectivity index (χ2v) is 9.10. The number of hydrogen-bond donors (Lipinski definition) is 1. The number of hydrogen-bond acceptors (Lipinski definition) is 5. The van der Waals surface area contributed by atoms with Crippen LogP contribution in [0.4, 0.5) is 5.82 Å². The van der Waals surface area contributed by atoms with Crippen molar-refractivity contribution in [2.75, 3.05) is 18.0 Å². The molecule has 1 aliphatic heterocycles. The van der Waals surface area contributed by atoms with Crippen LogP contribution in [0.2, 0.25) is 0 Å². The number of fused-ring (bicyclic) bond motifs is 1. The monoisotopic (exact) mass is 409 g/mol. The maximum atomic E-state index is 11.5. The van der Waals surface area contributed by atoms with E-state index in [2.05, 4.69) is 48.7 Å². The molecule has 1 amide bonds. The third-order valence-electron chi connectivity index (χ3n) is 5.59. The highest BCUT2D eigenvalue weighted by Crippen LogP contribution is 2.37. The van der Waals surface area contributed by atoms with Crippen LogP contribution < -0.4 is 10.6 Å². The number of thiophene rings is 1. The highest BCUT2D eigenvalue weighted by molar-refractivity contribution is 7.10. The summed E-state index contributed by atoms with van der Waals surface area (Å²) in [5.41, 5.74) is 10.8. The summed E-state index contributed by atoms with van der Waals surface area (Å²) in [5.74, 6) is 1.79. The lowest BCUT2D eigenvalue weighted by Gasteiger charge is -2.27. The van der Waals surface area contributed by atoms with Crippen LogP contribution in [0.3, 0.4) is 0 Å². The topological polar surface area (TPSA) is 77.0 Å². The number of aryl methyl sites for hydroxylation is 3. The van der Waals surface area contributed by atoms with Gasteiger partial charge in [0.25, 0.3) is 0 Å². The number of carbonyl (C=O) groups excluding carboxylic acids is 1. The van der Waals surface area contributed by atoms with Crippen LogP contribution in [-0.2, 0) is 4.79 Å².